The van der Waals surface area contributed by atoms with Crippen molar-refractivity contribution in [2.24, 2.45) is 0 Å². The summed E-state index contributed by atoms with van der Waals surface area (Å²) in [5.74, 6) is 1.18. The lowest BCUT2D eigenvalue weighted by Gasteiger charge is -2.23. The number of nitrogens with zero attached hydrogens (tertiary/aromatic N) is 2. The molecule has 0 saturated heterocycles. The van der Waals surface area contributed by atoms with Crippen LogP contribution in [0.1, 0.15) is 72.4 Å². The van der Waals surface area contributed by atoms with Crippen LogP contribution in [0.5, 0.6) is 5.75 Å². The number of rotatable bonds is 5. The number of carbonyl (C=O) groups excluding carboxylic acids is 2. The van der Waals surface area contributed by atoms with E-state index in [0.29, 0.717) is 35.3 Å². The Hall–Kier alpha value is -3.22. The maximum absolute atomic E-state index is 13.1. The molecule has 0 atom stereocenters. The van der Waals surface area contributed by atoms with E-state index in [2.05, 4.69) is 16.4 Å². The fourth-order valence-corrected chi connectivity index (χ4v) is 3.81. The van der Waals surface area contributed by atoms with E-state index in [0.717, 1.165) is 29.7 Å². The second-order valence-electron chi connectivity index (χ2n) is 9.25. The Morgan fingerprint density at radius 1 is 1.23 bits per heavy atom. The molecule has 2 N–H and O–H groups in total. The van der Waals surface area contributed by atoms with Crippen LogP contribution in [0.15, 0.2) is 30.3 Å². The quantitative estimate of drug-likeness (QED) is 0.713. The Bertz CT molecular complexity index is 1070. The molecule has 1 amide bonds. The molecule has 2 heterocycles. The van der Waals surface area contributed by atoms with Gasteiger partial charge in [0.15, 0.2) is 5.78 Å². The number of hydrogen-bond acceptors (Lipinski definition) is 5. The van der Waals surface area contributed by atoms with Gasteiger partial charge in [-0.25, -0.2) is 9.78 Å². The second kappa shape index (κ2) is 7.80. The van der Waals surface area contributed by atoms with Crippen LogP contribution in [0.25, 0.3) is 0 Å². The summed E-state index contributed by atoms with van der Waals surface area (Å²) in [4.78, 5) is 31.2. The number of hydrogen-bond donors (Lipinski definition) is 2. The van der Waals surface area contributed by atoms with Gasteiger partial charge >= 0.3 is 6.09 Å². The van der Waals surface area contributed by atoms with Gasteiger partial charge in [-0.15, -0.1) is 0 Å². The van der Waals surface area contributed by atoms with Crippen molar-refractivity contribution >= 4 is 17.7 Å². The van der Waals surface area contributed by atoms with Gasteiger partial charge in [0.2, 0.25) is 0 Å². The first-order valence-electron chi connectivity index (χ1n) is 10.6. The molecule has 0 spiro atoms. The zero-order valence-corrected chi connectivity index (χ0v) is 18.4. The standard InChI is InChI=1S/C24H28N4O3/c1-24(2,3)17-11-15(8-10-20(17)31-23(30)26-4)19(29)13-28-12-16-7-9-18(14-5-6-14)27-21(16)22(28)25/h7-11,14,25H,5-6,12-13H2,1-4H3,(H,26,30). The molecule has 31 heavy (non-hydrogen) atoms. The molecule has 0 unspecified atom stereocenters. The number of amides is 1. The van der Waals surface area contributed by atoms with Gasteiger partial charge in [-0.05, 0) is 42.5 Å². The Kier molecular flexibility index (Phi) is 5.29. The fraction of sp³-hybridized carbons (Fsp3) is 0.417. The van der Waals surface area contributed by atoms with Crippen molar-refractivity contribution in [3.05, 3.63) is 58.4 Å². The van der Waals surface area contributed by atoms with Crippen molar-refractivity contribution in [3.63, 3.8) is 0 Å². The van der Waals surface area contributed by atoms with Crippen LogP contribution in [-0.2, 0) is 12.0 Å². The summed E-state index contributed by atoms with van der Waals surface area (Å²) in [5.41, 5.74) is 3.73. The number of benzene rings is 1. The Morgan fingerprint density at radius 2 is 1.97 bits per heavy atom. The first-order valence-corrected chi connectivity index (χ1v) is 10.6. The van der Waals surface area contributed by atoms with Gasteiger partial charge in [0.25, 0.3) is 0 Å². The van der Waals surface area contributed by atoms with Crippen LogP contribution >= 0.6 is 0 Å². The summed E-state index contributed by atoms with van der Waals surface area (Å²) in [6.45, 7) is 6.63. The van der Waals surface area contributed by atoms with Gasteiger partial charge in [0, 0.05) is 41.9 Å². The molecular formula is C24H28N4O3. The molecule has 1 aromatic heterocycles. The minimum Gasteiger partial charge on any atom is -0.410 e. The van der Waals surface area contributed by atoms with E-state index in [1.807, 2.05) is 26.8 Å². The number of amidine groups is 1. The molecule has 1 fully saturated rings. The van der Waals surface area contributed by atoms with Crippen LogP contribution in [0.4, 0.5) is 4.79 Å². The topological polar surface area (TPSA) is 95.4 Å². The third kappa shape index (κ3) is 4.31. The minimum absolute atomic E-state index is 0.0861. The number of fused-ring (bicyclic) bond motifs is 1. The number of aromatic nitrogens is 1. The van der Waals surface area contributed by atoms with Crippen LogP contribution < -0.4 is 10.1 Å². The van der Waals surface area contributed by atoms with E-state index < -0.39 is 6.09 Å². The first-order chi connectivity index (χ1) is 14.7. The van der Waals surface area contributed by atoms with Gasteiger partial charge < -0.3 is 15.0 Å². The summed E-state index contributed by atoms with van der Waals surface area (Å²) in [5, 5.41) is 11.0. The average Bonchev–Trinajstić information content (AvgIpc) is 3.53. The lowest BCUT2D eigenvalue weighted by atomic mass is 9.85. The highest BCUT2D eigenvalue weighted by Crippen LogP contribution is 2.40. The van der Waals surface area contributed by atoms with Crippen LogP contribution in [0, 0.1) is 5.41 Å². The summed E-state index contributed by atoms with van der Waals surface area (Å²) in [6, 6.07) is 9.22. The summed E-state index contributed by atoms with van der Waals surface area (Å²) < 4.78 is 5.37. The van der Waals surface area contributed by atoms with Crippen LogP contribution in [0.2, 0.25) is 0 Å². The lowest BCUT2D eigenvalue weighted by molar-refractivity contribution is 0.0962. The highest BCUT2D eigenvalue weighted by Gasteiger charge is 2.31. The zero-order valence-electron chi connectivity index (χ0n) is 18.4. The Balaban J connectivity index is 1.53. The molecule has 0 radical (unpaired) electrons. The maximum Gasteiger partial charge on any atom is 0.412 e. The van der Waals surface area contributed by atoms with E-state index in [-0.39, 0.29) is 17.7 Å². The summed E-state index contributed by atoms with van der Waals surface area (Å²) >= 11 is 0. The number of Topliss-reactive ketones (excluding diaryl/α,β-unsaturated/α-hetero) is 1. The number of pyridine rings is 1. The van der Waals surface area contributed by atoms with Gasteiger partial charge in [-0.3, -0.25) is 10.2 Å². The van der Waals surface area contributed by atoms with E-state index in [1.54, 1.807) is 23.1 Å². The maximum atomic E-state index is 13.1. The average molecular weight is 421 g/mol. The molecule has 162 valence electrons. The summed E-state index contributed by atoms with van der Waals surface area (Å²) in [7, 11) is 1.50. The molecule has 2 aliphatic rings. The van der Waals surface area contributed by atoms with Crippen LogP contribution in [0.3, 0.4) is 0 Å². The van der Waals surface area contributed by atoms with Gasteiger partial charge in [0.1, 0.15) is 17.3 Å². The molecular weight excluding hydrogens is 392 g/mol. The zero-order chi connectivity index (χ0) is 22.3. The van der Waals surface area contributed by atoms with Crippen molar-refractivity contribution in [1.82, 2.24) is 15.2 Å². The Labute approximate surface area is 182 Å². The molecule has 2 aromatic rings. The fourth-order valence-electron chi connectivity index (χ4n) is 3.81. The second-order valence-corrected chi connectivity index (χ2v) is 9.25. The van der Waals surface area contributed by atoms with E-state index in [1.165, 1.54) is 7.05 Å². The highest BCUT2D eigenvalue weighted by atomic mass is 16.6. The lowest BCUT2D eigenvalue weighted by Crippen LogP contribution is -2.31. The normalized spacial score (nSPS) is 15.6. The first kappa shape index (κ1) is 21.0. The molecule has 1 saturated carbocycles. The van der Waals surface area contributed by atoms with Crippen molar-refractivity contribution < 1.29 is 14.3 Å². The van der Waals surface area contributed by atoms with E-state index in [9.17, 15) is 9.59 Å². The van der Waals surface area contributed by atoms with E-state index >= 15 is 0 Å². The van der Waals surface area contributed by atoms with Crippen LogP contribution in [-0.4, -0.2) is 41.2 Å². The number of nitrogens with one attached hydrogen (secondary N) is 2. The minimum atomic E-state index is -0.550. The third-order valence-electron chi connectivity index (χ3n) is 5.75. The number of ether oxygens (including phenoxy) is 1. The third-order valence-corrected chi connectivity index (χ3v) is 5.75. The molecule has 1 aliphatic heterocycles. The van der Waals surface area contributed by atoms with Crippen molar-refractivity contribution in [2.75, 3.05) is 13.6 Å². The van der Waals surface area contributed by atoms with Gasteiger partial charge in [0.05, 0.1) is 6.54 Å². The molecule has 1 aromatic carbocycles. The van der Waals surface area contributed by atoms with Crippen molar-refractivity contribution in [2.45, 2.75) is 51.5 Å². The highest BCUT2D eigenvalue weighted by molar-refractivity contribution is 6.04. The predicted octanol–water partition coefficient (Wildman–Crippen LogP) is 4.00. The SMILES string of the molecule is CNC(=O)Oc1ccc(C(=O)CN2Cc3ccc(C4CC4)nc3C2=N)cc1C(C)(C)C. The molecule has 1 aliphatic carbocycles. The predicted molar refractivity (Wildman–Crippen MR) is 118 cm³/mol. The summed E-state index contributed by atoms with van der Waals surface area (Å²) in [6.07, 6.45) is 1.78. The molecule has 4 rings (SSSR count). The van der Waals surface area contributed by atoms with E-state index in [4.69, 9.17) is 10.1 Å². The monoisotopic (exact) mass is 420 g/mol. The molecule has 7 nitrogen and oxygen atoms in total. The number of ketones is 1. The molecule has 7 heteroatoms. The van der Waals surface area contributed by atoms with Gasteiger partial charge in [-0.1, -0.05) is 26.8 Å². The smallest absolute Gasteiger partial charge is 0.410 e. The molecule has 0 bridgehead atoms. The number of carbonyl (C=O) groups is 2. The van der Waals surface area contributed by atoms with Crippen molar-refractivity contribution in [3.8, 4) is 5.75 Å². The Morgan fingerprint density at radius 3 is 2.61 bits per heavy atom. The van der Waals surface area contributed by atoms with Gasteiger partial charge in [-0.2, -0.15) is 0 Å². The van der Waals surface area contributed by atoms with Crippen molar-refractivity contribution in [1.29, 1.82) is 5.41 Å². The largest absolute Gasteiger partial charge is 0.412 e.